The number of halogens is 1. The third-order valence-electron chi connectivity index (χ3n) is 5.22. The molecule has 1 fully saturated rings. The van der Waals surface area contributed by atoms with Crippen LogP contribution in [0.3, 0.4) is 0 Å². The molecule has 0 bridgehead atoms. The van der Waals surface area contributed by atoms with Gasteiger partial charge in [-0.1, -0.05) is 20.4 Å². The molecule has 0 amide bonds. The highest BCUT2D eigenvalue weighted by molar-refractivity contribution is 5.81. The van der Waals surface area contributed by atoms with E-state index in [0.717, 1.165) is 0 Å². The second-order valence-corrected chi connectivity index (χ2v) is 7.53. The Hall–Kier alpha value is -2.63. The van der Waals surface area contributed by atoms with Crippen LogP contribution in [0.2, 0.25) is 0 Å². The van der Waals surface area contributed by atoms with Gasteiger partial charge in [0.05, 0.1) is 12.9 Å². The molecule has 2 aromatic rings. The van der Waals surface area contributed by atoms with Gasteiger partial charge in [-0.2, -0.15) is 14.4 Å². The molecule has 29 heavy (non-hydrogen) atoms. The van der Waals surface area contributed by atoms with Crippen LogP contribution in [0.15, 0.2) is 18.5 Å². The van der Waals surface area contributed by atoms with Crippen LogP contribution in [0, 0.1) is 12.0 Å². The van der Waals surface area contributed by atoms with Crippen LogP contribution in [-0.4, -0.2) is 54.9 Å². The van der Waals surface area contributed by atoms with Gasteiger partial charge < -0.3 is 26.0 Å². The van der Waals surface area contributed by atoms with Crippen molar-refractivity contribution in [3.8, 4) is 0 Å². The number of ether oxygens (including phenoxy) is 2. The van der Waals surface area contributed by atoms with E-state index in [1.54, 1.807) is 20.8 Å². The molecule has 5 N–H and O–H groups in total. The maximum atomic E-state index is 13.7. The molecule has 3 rings (SSSR count). The van der Waals surface area contributed by atoms with Crippen molar-refractivity contribution in [1.29, 1.82) is 0 Å². The maximum absolute atomic E-state index is 13.7. The van der Waals surface area contributed by atoms with Crippen LogP contribution in [0.1, 0.15) is 33.4 Å². The Kier molecular flexibility index (Phi) is 5.57. The maximum Gasteiger partial charge on any atom is 0.323 e. The van der Waals surface area contributed by atoms with Crippen LogP contribution >= 0.6 is 0 Å². The van der Waals surface area contributed by atoms with E-state index in [1.165, 1.54) is 10.9 Å². The second-order valence-electron chi connectivity index (χ2n) is 7.53. The molecule has 11 heteroatoms. The van der Waals surface area contributed by atoms with Gasteiger partial charge in [0.2, 0.25) is 0 Å². The van der Waals surface area contributed by atoms with Gasteiger partial charge in [-0.15, -0.1) is 0 Å². The SMILES string of the molecule is C=C(C)[C@]1(CO)O[C@@H](n2cnc3c(N)nc(F)nc32)C[C@@H]1OC(=O)[C@H](N)C(C)C. The lowest BCUT2D eigenvalue weighted by atomic mass is 9.90. The highest BCUT2D eigenvalue weighted by Gasteiger charge is 2.53. The zero-order valence-electron chi connectivity index (χ0n) is 16.5. The molecular weight excluding hydrogens is 383 g/mol. The predicted octanol–water partition coefficient (Wildman–Crippen LogP) is 0.669. The summed E-state index contributed by atoms with van der Waals surface area (Å²) in [4.78, 5) is 23.8. The third kappa shape index (κ3) is 3.56. The van der Waals surface area contributed by atoms with Crippen molar-refractivity contribution < 1.29 is 23.8 Å². The minimum Gasteiger partial charge on any atom is -0.457 e. The molecule has 1 aliphatic heterocycles. The Morgan fingerprint density at radius 2 is 2.24 bits per heavy atom. The molecule has 0 saturated carbocycles. The van der Waals surface area contributed by atoms with Gasteiger partial charge in [0.1, 0.15) is 18.4 Å². The fraction of sp³-hybridized carbons (Fsp3) is 0.556. The Labute approximate surface area is 166 Å². The minimum atomic E-state index is -1.36. The Balaban J connectivity index is 1.97. The van der Waals surface area contributed by atoms with Gasteiger partial charge in [0.25, 0.3) is 0 Å². The molecule has 1 aliphatic rings. The molecule has 2 aromatic heterocycles. The summed E-state index contributed by atoms with van der Waals surface area (Å²) in [6, 6.07) is -0.828. The van der Waals surface area contributed by atoms with Gasteiger partial charge in [0.15, 0.2) is 22.6 Å². The molecule has 0 aromatic carbocycles. The molecule has 3 heterocycles. The molecule has 0 radical (unpaired) electrons. The monoisotopic (exact) mass is 408 g/mol. The first-order chi connectivity index (χ1) is 13.6. The summed E-state index contributed by atoms with van der Waals surface area (Å²) in [5.41, 5.74) is 11.0. The number of rotatable bonds is 6. The van der Waals surface area contributed by atoms with Gasteiger partial charge in [-0.3, -0.25) is 9.36 Å². The zero-order valence-corrected chi connectivity index (χ0v) is 16.5. The Bertz CT molecular complexity index is 948. The number of imidazole rings is 1. The number of hydrogen-bond acceptors (Lipinski definition) is 9. The van der Waals surface area contributed by atoms with Crippen molar-refractivity contribution in [2.45, 2.75) is 51.2 Å². The number of aliphatic hydroxyl groups excluding tert-OH is 1. The number of hydrogen-bond donors (Lipinski definition) is 3. The van der Waals surface area contributed by atoms with E-state index in [9.17, 15) is 14.3 Å². The molecule has 4 atom stereocenters. The van der Waals surface area contributed by atoms with E-state index in [4.69, 9.17) is 20.9 Å². The number of nitrogen functional groups attached to an aromatic ring is 1. The van der Waals surface area contributed by atoms with Crippen LogP contribution in [0.4, 0.5) is 10.2 Å². The van der Waals surface area contributed by atoms with Crippen LogP contribution in [-0.2, 0) is 14.3 Å². The number of carbonyl (C=O) groups is 1. The van der Waals surface area contributed by atoms with Crippen molar-refractivity contribution in [2.24, 2.45) is 11.7 Å². The summed E-state index contributed by atoms with van der Waals surface area (Å²) in [7, 11) is 0. The topological polar surface area (TPSA) is 151 Å². The van der Waals surface area contributed by atoms with Crippen molar-refractivity contribution in [3.63, 3.8) is 0 Å². The number of aliphatic hydroxyl groups is 1. The summed E-state index contributed by atoms with van der Waals surface area (Å²) >= 11 is 0. The second kappa shape index (κ2) is 7.65. The number of aromatic nitrogens is 4. The van der Waals surface area contributed by atoms with Crippen molar-refractivity contribution in [1.82, 2.24) is 19.5 Å². The standard InChI is InChI=1S/C18H25FN6O4/c1-8(2)12(20)16(27)28-10-5-11(29-18(10,6-26)9(3)4)25-7-22-13-14(21)23-17(19)24-15(13)25/h7-8,10-12,26H,3,5-6,20H2,1-2,4H3,(H2,21,23,24)/t10-,11+,12+,18-/m0/s1. The van der Waals surface area contributed by atoms with E-state index in [-0.39, 0.29) is 29.3 Å². The van der Waals surface area contributed by atoms with Crippen molar-refractivity contribution in [3.05, 3.63) is 24.6 Å². The van der Waals surface area contributed by atoms with Crippen molar-refractivity contribution in [2.75, 3.05) is 12.3 Å². The first kappa shape index (κ1) is 21.1. The van der Waals surface area contributed by atoms with E-state index in [1.807, 2.05) is 0 Å². The number of nitrogens with zero attached hydrogens (tertiary/aromatic N) is 4. The molecule has 0 unspecified atom stereocenters. The smallest absolute Gasteiger partial charge is 0.323 e. The molecule has 0 spiro atoms. The largest absolute Gasteiger partial charge is 0.457 e. The molecule has 10 nitrogen and oxygen atoms in total. The number of carbonyl (C=O) groups excluding carboxylic acids is 1. The zero-order chi connectivity index (χ0) is 21.5. The van der Waals surface area contributed by atoms with Gasteiger partial charge in [0, 0.05) is 6.42 Å². The summed E-state index contributed by atoms with van der Waals surface area (Å²) in [5.74, 6) is -0.848. The number of anilines is 1. The summed E-state index contributed by atoms with van der Waals surface area (Å²) in [6.07, 6.45) is -1.13. The third-order valence-corrected chi connectivity index (χ3v) is 5.22. The van der Waals surface area contributed by atoms with Crippen LogP contribution < -0.4 is 11.5 Å². The number of nitrogens with two attached hydrogens (primary N) is 2. The van der Waals surface area contributed by atoms with Crippen LogP contribution in [0.25, 0.3) is 11.2 Å². The molecule has 0 aliphatic carbocycles. The fourth-order valence-electron chi connectivity index (χ4n) is 3.32. The first-order valence-electron chi connectivity index (χ1n) is 9.17. The van der Waals surface area contributed by atoms with Crippen LogP contribution in [0.5, 0.6) is 0 Å². The van der Waals surface area contributed by atoms with Crippen molar-refractivity contribution >= 4 is 23.0 Å². The van der Waals surface area contributed by atoms with E-state index < -0.39 is 42.6 Å². The highest BCUT2D eigenvalue weighted by Crippen LogP contribution is 2.43. The quantitative estimate of drug-likeness (QED) is 0.356. The van der Waals surface area contributed by atoms with Gasteiger partial charge >= 0.3 is 12.0 Å². The lowest BCUT2D eigenvalue weighted by molar-refractivity contribution is -0.163. The van der Waals surface area contributed by atoms with Gasteiger partial charge in [-0.25, -0.2) is 4.98 Å². The fourth-order valence-corrected chi connectivity index (χ4v) is 3.32. The average molecular weight is 408 g/mol. The Morgan fingerprint density at radius 1 is 1.55 bits per heavy atom. The minimum absolute atomic E-state index is 0.108. The normalized spacial score (nSPS) is 25.5. The van der Waals surface area contributed by atoms with E-state index in [2.05, 4.69) is 21.5 Å². The molecule has 1 saturated heterocycles. The number of fused-ring (bicyclic) bond motifs is 1. The number of esters is 1. The average Bonchev–Trinajstić information content (AvgIpc) is 3.22. The van der Waals surface area contributed by atoms with E-state index >= 15 is 0 Å². The van der Waals surface area contributed by atoms with Gasteiger partial charge in [-0.05, 0) is 18.4 Å². The summed E-state index contributed by atoms with van der Waals surface area (Å²) in [5, 5.41) is 10.1. The predicted molar refractivity (Wildman–Crippen MR) is 102 cm³/mol. The van der Waals surface area contributed by atoms with E-state index in [0.29, 0.717) is 5.57 Å². The molecule has 158 valence electrons. The highest BCUT2D eigenvalue weighted by atomic mass is 19.1. The Morgan fingerprint density at radius 3 is 2.83 bits per heavy atom. The lowest BCUT2D eigenvalue weighted by Gasteiger charge is -2.33. The summed E-state index contributed by atoms with van der Waals surface area (Å²) < 4.78 is 26.8. The summed E-state index contributed by atoms with van der Waals surface area (Å²) in [6.45, 7) is 8.67. The lowest BCUT2D eigenvalue weighted by Crippen LogP contribution is -2.49. The first-order valence-corrected chi connectivity index (χ1v) is 9.17. The molecular formula is C18H25FN6O4.